The minimum absolute atomic E-state index is 0.181. The summed E-state index contributed by atoms with van der Waals surface area (Å²) in [5.41, 5.74) is 0. The van der Waals surface area contributed by atoms with Crippen LogP contribution in [0.4, 0.5) is 4.39 Å². The molecule has 0 radical (unpaired) electrons. The molecule has 0 spiro atoms. The molecule has 1 nitrogen and oxygen atoms in total. The Labute approximate surface area is 50.0 Å². The van der Waals surface area contributed by atoms with Gasteiger partial charge in [-0.2, -0.15) is 0 Å². The van der Waals surface area contributed by atoms with Crippen molar-refractivity contribution in [3.8, 4) is 0 Å². The molecule has 0 aliphatic rings. The molecule has 0 N–H and O–H groups in total. The van der Waals surface area contributed by atoms with E-state index in [1.807, 2.05) is 0 Å². The van der Waals surface area contributed by atoms with E-state index >= 15 is 0 Å². The highest BCUT2D eigenvalue weighted by Gasteiger charge is 1.90. The third kappa shape index (κ3) is 0.922. The van der Waals surface area contributed by atoms with Gasteiger partial charge in [-0.15, -0.1) is 0 Å². The summed E-state index contributed by atoms with van der Waals surface area (Å²) in [7, 11) is 0.690. The molecule has 42 valence electrons. The molecule has 1 rings (SSSR count). The van der Waals surface area contributed by atoms with Crippen molar-refractivity contribution in [2.24, 2.45) is 0 Å². The van der Waals surface area contributed by atoms with Gasteiger partial charge in [0.2, 0.25) is 0 Å². The third-order valence-electron chi connectivity index (χ3n) is 0.942. The van der Waals surface area contributed by atoms with Gasteiger partial charge in [-0.3, -0.25) is 4.98 Å². The largest absolute Gasteiger partial charge is 0.264 e. The Morgan fingerprint density at radius 1 is 1.62 bits per heavy atom. The van der Waals surface area contributed by atoms with Crippen LogP contribution < -0.4 is 5.32 Å². The summed E-state index contributed by atoms with van der Waals surface area (Å²) in [4.78, 5) is 3.77. The second kappa shape index (κ2) is 2.04. The van der Waals surface area contributed by atoms with Crippen LogP contribution in [0.15, 0.2) is 18.3 Å². The van der Waals surface area contributed by atoms with Crippen molar-refractivity contribution < 1.29 is 4.39 Å². The summed E-state index contributed by atoms with van der Waals surface area (Å²) in [6, 6.07) is 3.02. The zero-order valence-electron chi connectivity index (χ0n) is 4.56. The van der Waals surface area contributed by atoms with Crippen molar-refractivity contribution in [2.45, 2.75) is 0 Å². The van der Waals surface area contributed by atoms with Gasteiger partial charge < -0.3 is 0 Å². The molecular formula is C5H6FNSi. The Bertz CT molecular complexity index is 169. The highest BCUT2D eigenvalue weighted by molar-refractivity contribution is 6.30. The van der Waals surface area contributed by atoms with Crippen molar-refractivity contribution in [3.63, 3.8) is 0 Å². The zero-order chi connectivity index (χ0) is 5.98. The first-order valence-electron chi connectivity index (χ1n) is 2.38. The number of hydrogen-bond donors (Lipinski definition) is 0. The van der Waals surface area contributed by atoms with E-state index < -0.39 is 0 Å². The van der Waals surface area contributed by atoms with E-state index in [0.717, 1.165) is 0 Å². The maximum absolute atomic E-state index is 12.3. The number of rotatable bonds is 0. The van der Waals surface area contributed by atoms with Crippen LogP contribution in [0, 0.1) is 5.82 Å². The molecule has 0 saturated carbocycles. The van der Waals surface area contributed by atoms with Crippen LogP contribution in [0.5, 0.6) is 0 Å². The molecule has 1 aromatic rings. The molecule has 8 heavy (non-hydrogen) atoms. The molecule has 0 fully saturated rings. The maximum atomic E-state index is 12.3. The third-order valence-corrected chi connectivity index (χ3v) is 1.68. The number of nitrogens with zero attached hydrogens (tertiary/aromatic N) is 1. The fourth-order valence-corrected chi connectivity index (χ4v) is 0.780. The highest BCUT2D eigenvalue weighted by Crippen LogP contribution is 1.84. The van der Waals surface area contributed by atoms with E-state index in [-0.39, 0.29) is 5.82 Å². The number of pyridine rings is 1. The highest BCUT2D eigenvalue weighted by atomic mass is 28.1. The Kier molecular flexibility index (Phi) is 1.39. The van der Waals surface area contributed by atoms with Gasteiger partial charge >= 0.3 is 0 Å². The van der Waals surface area contributed by atoms with Crippen LogP contribution in [-0.4, -0.2) is 15.2 Å². The maximum Gasteiger partial charge on any atom is 0.139 e. The second-order valence-corrected chi connectivity index (χ2v) is 2.52. The predicted octanol–water partition coefficient (Wildman–Crippen LogP) is -0.789. The Balaban J connectivity index is 3.13. The first kappa shape index (κ1) is 5.43. The normalized spacial score (nSPS) is 9.62. The molecule has 0 amide bonds. The van der Waals surface area contributed by atoms with Gasteiger partial charge in [0.25, 0.3) is 0 Å². The van der Waals surface area contributed by atoms with Gasteiger partial charge in [-0.25, -0.2) is 4.39 Å². The zero-order valence-corrected chi connectivity index (χ0v) is 6.56. The lowest BCUT2D eigenvalue weighted by atomic mass is 10.5. The monoisotopic (exact) mass is 127 g/mol. The van der Waals surface area contributed by atoms with Crippen molar-refractivity contribution in [2.75, 3.05) is 0 Å². The second-order valence-electron chi connectivity index (χ2n) is 1.57. The summed E-state index contributed by atoms with van der Waals surface area (Å²) < 4.78 is 12.3. The van der Waals surface area contributed by atoms with Crippen LogP contribution in [0.1, 0.15) is 0 Å². The quantitative estimate of drug-likeness (QED) is 0.416. The molecular weight excluding hydrogens is 121 g/mol. The van der Waals surface area contributed by atoms with E-state index in [4.69, 9.17) is 0 Å². The van der Waals surface area contributed by atoms with E-state index in [2.05, 4.69) is 4.98 Å². The fourth-order valence-electron chi connectivity index (χ4n) is 0.465. The Morgan fingerprint density at radius 3 is 2.75 bits per heavy atom. The van der Waals surface area contributed by atoms with Gasteiger partial charge in [-0.1, -0.05) is 0 Å². The number of halogens is 1. The summed E-state index contributed by atoms with van der Waals surface area (Å²) in [6.07, 6.45) is 1.60. The summed E-state index contributed by atoms with van der Waals surface area (Å²) in [5, 5.41) is 0.590. The van der Waals surface area contributed by atoms with Crippen molar-refractivity contribution in [1.29, 1.82) is 0 Å². The van der Waals surface area contributed by atoms with Crippen molar-refractivity contribution >= 4 is 15.6 Å². The smallest absolute Gasteiger partial charge is 0.139 e. The number of hydrogen-bond acceptors (Lipinski definition) is 1. The van der Waals surface area contributed by atoms with E-state index in [1.165, 1.54) is 6.07 Å². The summed E-state index contributed by atoms with van der Waals surface area (Å²) >= 11 is 0. The molecule has 1 aromatic heterocycles. The lowest BCUT2D eigenvalue weighted by Gasteiger charge is -1.88. The van der Waals surface area contributed by atoms with E-state index in [1.54, 1.807) is 12.3 Å². The molecule has 0 unspecified atom stereocenters. The van der Waals surface area contributed by atoms with Crippen LogP contribution in [0.25, 0.3) is 0 Å². The molecule has 0 bridgehead atoms. The Morgan fingerprint density at radius 2 is 2.38 bits per heavy atom. The van der Waals surface area contributed by atoms with Crippen LogP contribution in [0.3, 0.4) is 0 Å². The molecule has 1 heterocycles. The summed E-state index contributed by atoms with van der Waals surface area (Å²) in [5.74, 6) is -0.181. The summed E-state index contributed by atoms with van der Waals surface area (Å²) in [6.45, 7) is 0. The van der Waals surface area contributed by atoms with E-state index in [0.29, 0.717) is 15.6 Å². The van der Waals surface area contributed by atoms with Crippen LogP contribution in [0.2, 0.25) is 0 Å². The van der Waals surface area contributed by atoms with E-state index in [9.17, 15) is 4.39 Å². The molecule has 0 aromatic carbocycles. The van der Waals surface area contributed by atoms with Crippen molar-refractivity contribution in [1.82, 2.24) is 4.98 Å². The first-order valence-corrected chi connectivity index (χ1v) is 3.38. The molecule has 0 saturated heterocycles. The SMILES string of the molecule is Fc1cccnc1[SiH3]. The average Bonchev–Trinajstić information content (AvgIpc) is 1.77. The minimum Gasteiger partial charge on any atom is -0.264 e. The van der Waals surface area contributed by atoms with Gasteiger partial charge in [0.15, 0.2) is 0 Å². The topological polar surface area (TPSA) is 12.9 Å². The van der Waals surface area contributed by atoms with Crippen molar-refractivity contribution in [3.05, 3.63) is 24.1 Å². The Hall–Kier alpha value is -0.703. The lowest BCUT2D eigenvalue weighted by molar-refractivity contribution is 0.631. The van der Waals surface area contributed by atoms with Gasteiger partial charge in [-0.05, 0) is 12.1 Å². The fraction of sp³-hybridized carbons (Fsp3) is 0. The molecule has 0 atom stereocenters. The standard InChI is InChI=1S/C5H6FNSi/c6-4-2-1-3-7-5(4)8/h1-3H,8H3. The van der Waals surface area contributed by atoms with Crippen LogP contribution >= 0.6 is 0 Å². The van der Waals surface area contributed by atoms with Gasteiger partial charge in [0.1, 0.15) is 5.82 Å². The van der Waals surface area contributed by atoms with Crippen LogP contribution in [-0.2, 0) is 0 Å². The average molecular weight is 127 g/mol. The molecule has 3 heteroatoms. The van der Waals surface area contributed by atoms with Gasteiger partial charge in [0.05, 0.1) is 10.2 Å². The first-order chi connectivity index (χ1) is 3.80. The van der Waals surface area contributed by atoms with Gasteiger partial charge in [0, 0.05) is 11.5 Å². The number of aromatic nitrogens is 1. The lowest BCUT2D eigenvalue weighted by Crippen LogP contribution is -2.11. The molecule has 0 aliphatic heterocycles. The predicted molar refractivity (Wildman–Crippen MR) is 33.8 cm³/mol. The molecule has 0 aliphatic carbocycles. The minimum atomic E-state index is -0.181.